The van der Waals surface area contributed by atoms with Crippen LogP contribution in [0.3, 0.4) is 0 Å². The smallest absolute Gasteiger partial charge is 0.265 e. The molecule has 0 aliphatic heterocycles. The Balaban J connectivity index is 2.16. The number of benzene rings is 2. The van der Waals surface area contributed by atoms with Crippen molar-refractivity contribution in [3.8, 4) is 0 Å². The van der Waals surface area contributed by atoms with E-state index in [-0.39, 0.29) is 5.91 Å². The maximum Gasteiger partial charge on any atom is 0.265 e. The highest BCUT2D eigenvalue weighted by atomic mass is 16.2. The van der Waals surface area contributed by atoms with Crippen molar-refractivity contribution in [1.29, 1.82) is 0 Å². The zero-order valence-corrected chi connectivity index (χ0v) is 10.4. The summed E-state index contributed by atoms with van der Waals surface area (Å²) in [6.07, 6.45) is 2.93. The number of aliphatic imine (C=N–C) groups is 1. The molecule has 0 aliphatic rings. The lowest BCUT2D eigenvalue weighted by molar-refractivity contribution is 0.0965. The Morgan fingerprint density at radius 1 is 1.10 bits per heavy atom. The molecule has 0 radical (unpaired) electrons. The fraction of sp³-hybridized carbons (Fsp3) is 0. The molecule has 0 saturated carbocycles. The number of nitrogens with zero attached hydrogens (tertiary/aromatic N) is 3. The van der Waals surface area contributed by atoms with Gasteiger partial charge in [0.25, 0.3) is 5.91 Å². The minimum atomic E-state index is -0.284. The van der Waals surface area contributed by atoms with E-state index < -0.39 is 0 Å². The molecule has 1 aromatic heterocycles. The molecule has 0 spiro atoms. The molecule has 0 saturated heterocycles. The minimum absolute atomic E-state index is 0.284. The molecular weight excluding hydrogens is 254 g/mol. The van der Waals surface area contributed by atoms with E-state index in [2.05, 4.69) is 9.98 Å². The first kappa shape index (κ1) is 12.0. The van der Waals surface area contributed by atoms with Crippen molar-refractivity contribution in [2.75, 3.05) is 0 Å². The van der Waals surface area contributed by atoms with Crippen molar-refractivity contribution in [3.63, 3.8) is 0 Å². The molecule has 2 aromatic carbocycles. The number of aromatic nitrogens is 2. The van der Waals surface area contributed by atoms with Gasteiger partial charge >= 0.3 is 0 Å². The molecule has 5 nitrogen and oxygen atoms in total. The van der Waals surface area contributed by atoms with Gasteiger partial charge in [-0.25, -0.2) is 9.78 Å². The SMILES string of the molecule is O=C=Nc1ccccc1C(=O)n1cnc2ccccc21. The second-order valence-corrected chi connectivity index (χ2v) is 4.13. The number of carbonyl (C=O) groups is 1. The summed E-state index contributed by atoms with van der Waals surface area (Å²) in [7, 11) is 0. The predicted molar refractivity (Wildman–Crippen MR) is 73.7 cm³/mol. The van der Waals surface area contributed by atoms with Crippen LogP contribution in [0.5, 0.6) is 0 Å². The Morgan fingerprint density at radius 2 is 1.85 bits per heavy atom. The quantitative estimate of drug-likeness (QED) is 0.527. The predicted octanol–water partition coefficient (Wildman–Crippen LogP) is 2.69. The first-order valence-corrected chi connectivity index (χ1v) is 5.95. The van der Waals surface area contributed by atoms with E-state index in [1.807, 2.05) is 24.3 Å². The van der Waals surface area contributed by atoms with Crippen LogP contribution in [-0.4, -0.2) is 21.5 Å². The summed E-state index contributed by atoms with van der Waals surface area (Å²) in [4.78, 5) is 30.7. The van der Waals surface area contributed by atoms with Gasteiger partial charge in [-0.3, -0.25) is 9.36 Å². The normalized spacial score (nSPS) is 10.2. The van der Waals surface area contributed by atoms with Crippen molar-refractivity contribution >= 4 is 28.7 Å². The van der Waals surface area contributed by atoms with Gasteiger partial charge in [0.05, 0.1) is 22.3 Å². The van der Waals surface area contributed by atoms with E-state index >= 15 is 0 Å². The lowest BCUT2D eigenvalue weighted by Gasteiger charge is -2.05. The van der Waals surface area contributed by atoms with Gasteiger partial charge in [0.2, 0.25) is 6.08 Å². The molecule has 0 atom stereocenters. The molecule has 5 heteroatoms. The van der Waals surface area contributed by atoms with Crippen LogP contribution in [-0.2, 0) is 4.79 Å². The monoisotopic (exact) mass is 263 g/mol. The fourth-order valence-electron chi connectivity index (χ4n) is 2.05. The molecular formula is C15H9N3O2. The van der Waals surface area contributed by atoms with Gasteiger partial charge in [-0.2, -0.15) is 4.99 Å². The van der Waals surface area contributed by atoms with Crippen LogP contribution >= 0.6 is 0 Å². The lowest BCUT2D eigenvalue weighted by Crippen LogP contribution is -2.10. The van der Waals surface area contributed by atoms with Crippen LogP contribution in [0.4, 0.5) is 5.69 Å². The number of para-hydroxylation sites is 3. The lowest BCUT2D eigenvalue weighted by atomic mass is 10.1. The summed E-state index contributed by atoms with van der Waals surface area (Å²) < 4.78 is 1.44. The molecule has 0 fully saturated rings. The van der Waals surface area contributed by atoms with Crippen LogP contribution in [0.1, 0.15) is 10.4 Å². The molecule has 20 heavy (non-hydrogen) atoms. The van der Waals surface area contributed by atoms with Gasteiger partial charge in [-0.05, 0) is 24.3 Å². The minimum Gasteiger partial charge on any atom is -0.268 e. The third-order valence-corrected chi connectivity index (χ3v) is 2.97. The second-order valence-electron chi connectivity index (χ2n) is 4.13. The van der Waals surface area contributed by atoms with E-state index in [0.29, 0.717) is 16.8 Å². The highest BCUT2D eigenvalue weighted by Gasteiger charge is 2.15. The van der Waals surface area contributed by atoms with Gasteiger partial charge in [-0.1, -0.05) is 24.3 Å². The van der Waals surface area contributed by atoms with E-state index in [1.165, 1.54) is 17.0 Å². The van der Waals surface area contributed by atoms with Gasteiger partial charge in [-0.15, -0.1) is 0 Å². The van der Waals surface area contributed by atoms with Crippen LogP contribution < -0.4 is 0 Å². The Morgan fingerprint density at radius 3 is 2.70 bits per heavy atom. The molecule has 0 unspecified atom stereocenters. The van der Waals surface area contributed by atoms with Crippen LogP contribution in [0.25, 0.3) is 11.0 Å². The average molecular weight is 263 g/mol. The summed E-state index contributed by atoms with van der Waals surface area (Å²) in [6, 6.07) is 14.0. The van der Waals surface area contributed by atoms with E-state index in [1.54, 1.807) is 24.3 Å². The average Bonchev–Trinajstić information content (AvgIpc) is 2.91. The topological polar surface area (TPSA) is 64.3 Å². The number of imidazole rings is 1. The molecule has 3 rings (SSSR count). The molecule has 96 valence electrons. The first-order valence-electron chi connectivity index (χ1n) is 5.95. The number of carbonyl (C=O) groups excluding carboxylic acids is 2. The van der Waals surface area contributed by atoms with Crippen LogP contribution in [0.15, 0.2) is 59.9 Å². The van der Waals surface area contributed by atoms with Crippen LogP contribution in [0, 0.1) is 0 Å². The molecule has 1 heterocycles. The summed E-state index contributed by atoms with van der Waals surface area (Å²) in [5.41, 5.74) is 2.07. The third-order valence-electron chi connectivity index (χ3n) is 2.97. The van der Waals surface area contributed by atoms with E-state index in [9.17, 15) is 9.59 Å². The molecule has 0 bridgehead atoms. The summed E-state index contributed by atoms with van der Waals surface area (Å²) >= 11 is 0. The summed E-state index contributed by atoms with van der Waals surface area (Å²) in [5.74, 6) is -0.284. The van der Waals surface area contributed by atoms with Crippen molar-refractivity contribution in [2.45, 2.75) is 0 Å². The van der Waals surface area contributed by atoms with Crippen molar-refractivity contribution in [3.05, 3.63) is 60.4 Å². The highest BCUT2D eigenvalue weighted by Crippen LogP contribution is 2.21. The zero-order chi connectivity index (χ0) is 13.9. The molecule has 0 N–H and O–H groups in total. The van der Waals surface area contributed by atoms with Gasteiger partial charge in [0.15, 0.2) is 0 Å². The summed E-state index contributed by atoms with van der Waals surface area (Å²) in [6.45, 7) is 0. The Kier molecular flexibility index (Phi) is 2.95. The third kappa shape index (κ3) is 1.92. The number of fused-ring (bicyclic) bond motifs is 1. The standard InChI is InChI=1S/C15H9N3O2/c19-10-17-12-6-2-1-5-11(12)15(20)18-9-16-13-7-3-4-8-14(13)18/h1-9H. The number of rotatable bonds is 2. The molecule has 0 aliphatic carbocycles. The number of hydrogen-bond acceptors (Lipinski definition) is 4. The van der Waals surface area contributed by atoms with Crippen molar-refractivity contribution < 1.29 is 9.59 Å². The van der Waals surface area contributed by atoms with Crippen LogP contribution in [0.2, 0.25) is 0 Å². The first-order chi connectivity index (χ1) is 9.81. The number of hydrogen-bond donors (Lipinski definition) is 0. The van der Waals surface area contributed by atoms with Crippen molar-refractivity contribution in [2.24, 2.45) is 4.99 Å². The highest BCUT2D eigenvalue weighted by molar-refractivity contribution is 6.04. The second kappa shape index (κ2) is 4.91. The molecule has 3 aromatic rings. The Labute approximate surface area is 114 Å². The maximum absolute atomic E-state index is 12.6. The molecule has 0 amide bonds. The van der Waals surface area contributed by atoms with Gasteiger partial charge in [0.1, 0.15) is 6.33 Å². The van der Waals surface area contributed by atoms with Gasteiger partial charge < -0.3 is 0 Å². The van der Waals surface area contributed by atoms with Gasteiger partial charge in [0, 0.05) is 0 Å². The fourth-order valence-corrected chi connectivity index (χ4v) is 2.05. The Bertz CT molecular complexity index is 845. The Hall–Kier alpha value is -3.04. The zero-order valence-electron chi connectivity index (χ0n) is 10.4. The summed E-state index contributed by atoms with van der Waals surface area (Å²) in [5, 5.41) is 0. The van der Waals surface area contributed by atoms with E-state index in [4.69, 9.17) is 0 Å². The largest absolute Gasteiger partial charge is 0.268 e. The maximum atomic E-state index is 12.6. The number of isocyanates is 1. The van der Waals surface area contributed by atoms with E-state index in [0.717, 1.165) is 5.52 Å². The van der Waals surface area contributed by atoms with Crippen molar-refractivity contribution in [1.82, 2.24) is 9.55 Å².